The van der Waals surface area contributed by atoms with Crippen LogP contribution < -0.4 is 14.8 Å². The van der Waals surface area contributed by atoms with Crippen molar-refractivity contribution >= 4 is 5.91 Å². The molecule has 2 aromatic carbocycles. The van der Waals surface area contributed by atoms with E-state index in [9.17, 15) is 4.79 Å². The van der Waals surface area contributed by atoms with E-state index in [1.165, 1.54) is 5.56 Å². The molecule has 1 heterocycles. The molecule has 3 aromatic rings. The second kappa shape index (κ2) is 9.73. The molecule has 3 rings (SSSR count). The van der Waals surface area contributed by atoms with Gasteiger partial charge in [-0.3, -0.25) is 4.79 Å². The summed E-state index contributed by atoms with van der Waals surface area (Å²) >= 11 is 0. The van der Waals surface area contributed by atoms with Crippen LogP contribution in [0.25, 0.3) is 11.4 Å². The number of aryl methyl sites for hydroxylation is 2. The maximum absolute atomic E-state index is 12.1. The molecular weight excluding hydrogens is 370 g/mol. The van der Waals surface area contributed by atoms with Crippen LogP contribution in [0.1, 0.15) is 23.4 Å². The average molecular weight is 395 g/mol. The van der Waals surface area contributed by atoms with Crippen molar-refractivity contribution in [1.29, 1.82) is 0 Å². The van der Waals surface area contributed by atoms with Crippen LogP contribution in [0.3, 0.4) is 0 Å². The third kappa shape index (κ3) is 5.57. The molecular formula is C22H25N3O4. The molecule has 0 unspecified atom stereocenters. The SMILES string of the molecule is COc1ccc(CCNC(=O)CCc2nc(-c3ccc(C)cc3)no2)cc1OC. The van der Waals surface area contributed by atoms with Crippen molar-refractivity contribution in [2.75, 3.05) is 20.8 Å². The summed E-state index contributed by atoms with van der Waals surface area (Å²) in [5, 5.41) is 6.90. The molecule has 0 fully saturated rings. The Kier molecular flexibility index (Phi) is 6.84. The summed E-state index contributed by atoms with van der Waals surface area (Å²) in [5.41, 5.74) is 3.12. The Labute approximate surface area is 170 Å². The summed E-state index contributed by atoms with van der Waals surface area (Å²) in [4.78, 5) is 16.5. The van der Waals surface area contributed by atoms with Crippen molar-refractivity contribution in [1.82, 2.24) is 15.5 Å². The van der Waals surface area contributed by atoms with Gasteiger partial charge in [-0.25, -0.2) is 0 Å². The summed E-state index contributed by atoms with van der Waals surface area (Å²) < 4.78 is 15.8. The van der Waals surface area contributed by atoms with Gasteiger partial charge in [0.1, 0.15) is 0 Å². The van der Waals surface area contributed by atoms with Gasteiger partial charge in [0.25, 0.3) is 0 Å². The second-order valence-electron chi connectivity index (χ2n) is 6.67. The minimum atomic E-state index is -0.0550. The van der Waals surface area contributed by atoms with Gasteiger partial charge in [0, 0.05) is 24.9 Å². The van der Waals surface area contributed by atoms with Crippen molar-refractivity contribution in [2.24, 2.45) is 0 Å². The summed E-state index contributed by atoms with van der Waals surface area (Å²) in [5.74, 6) is 2.30. The highest BCUT2D eigenvalue weighted by Gasteiger charge is 2.11. The lowest BCUT2D eigenvalue weighted by atomic mass is 10.1. The van der Waals surface area contributed by atoms with Crippen LogP contribution in [-0.2, 0) is 17.6 Å². The molecule has 29 heavy (non-hydrogen) atoms. The number of rotatable bonds is 9. The number of aromatic nitrogens is 2. The zero-order chi connectivity index (χ0) is 20.6. The average Bonchev–Trinajstić information content (AvgIpc) is 3.21. The van der Waals surface area contributed by atoms with Crippen LogP contribution in [0, 0.1) is 6.92 Å². The molecule has 7 heteroatoms. The van der Waals surface area contributed by atoms with E-state index in [0.29, 0.717) is 49.0 Å². The standard InChI is InChI=1S/C22H25N3O4/c1-15-4-7-17(8-5-15)22-24-21(29-25-22)11-10-20(26)23-13-12-16-6-9-18(27-2)19(14-16)28-3/h4-9,14H,10-13H2,1-3H3,(H,23,26). The molecule has 0 atom stereocenters. The molecule has 0 aliphatic rings. The molecule has 0 aliphatic heterocycles. The molecule has 1 N–H and O–H groups in total. The summed E-state index contributed by atoms with van der Waals surface area (Å²) in [6.07, 6.45) is 1.40. The highest BCUT2D eigenvalue weighted by molar-refractivity contribution is 5.76. The highest BCUT2D eigenvalue weighted by Crippen LogP contribution is 2.27. The van der Waals surface area contributed by atoms with Gasteiger partial charge in [0.05, 0.1) is 14.2 Å². The Morgan fingerprint density at radius 2 is 1.79 bits per heavy atom. The van der Waals surface area contributed by atoms with E-state index < -0.39 is 0 Å². The number of hydrogen-bond donors (Lipinski definition) is 1. The molecule has 0 bridgehead atoms. The lowest BCUT2D eigenvalue weighted by Crippen LogP contribution is -2.25. The fourth-order valence-electron chi connectivity index (χ4n) is 2.87. The van der Waals surface area contributed by atoms with E-state index in [0.717, 1.165) is 11.1 Å². The lowest BCUT2D eigenvalue weighted by molar-refractivity contribution is -0.121. The van der Waals surface area contributed by atoms with E-state index in [-0.39, 0.29) is 5.91 Å². The highest BCUT2D eigenvalue weighted by atomic mass is 16.5. The maximum atomic E-state index is 12.1. The minimum Gasteiger partial charge on any atom is -0.493 e. The van der Waals surface area contributed by atoms with Crippen LogP contribution in [0.2, 0.25) is 0 Å². The van der Waals surface area contributed by atoms with Crippen LogP contribution in [-0.4, -0.2) is 36.8 Å². The molecule has 1 aromatic heterocycles. The van der Waals surface area contributed by atoms with Gasteiger partial charge >= 0.3 is 0 Å². The first-order valence-electron chi connectivity index (χ1n) is 9.46. The molecule has 0 saturated heterocycles. The van der Waals surface area contributed by atoms with Gasteiger partial charge in [-0.2, -0.15) is 4.98 Å². The van der Waals surface area contributed by atoms with Gasteiger partial charge in [-0.1, -0.05) is 41.1 Å². The monoisotopic (exact) mass is 395 g/mol. The zero-order valence-corrected chi connectivity index (χ0v) is 16.9. The first kappa shape index (κ1) is 20.4. The van der Waals surface area contributed by atoms with Crippen molar-refractivity contribution in [2.45, 2.75) is 26.2 Å². The molecule has 0 radical (unpaired) electrons. The fourth-order valence-corrected chi connectivity index (χ4v) is 2.87. The number of methoxy groups -OCH3 is 2. The van der Waals surface area contributed by atoms with E-state index in [1.807, 2.05) is 49.4 Å². The zero-order valence-electron chi connectivity index (χ0n) is 16.9. The number of amides is 1. The van der Waals surface area contributed by atoms with Gasteiger partial charge in [0.15, 0.2) is 11.5 Å². The van der Waals surface area contributed by atoms with Gasteiger partial charge < -0.3 is 19.3 Å². The number of carbonyl (C=O) groups is 1. The van der Waals surface area contributed by atoms with Crippen molar-refractivity contribution < 1.29 is 18.8 Å². The molecule has 0 saturated carbocycles. The molecule has 152 valence electrons. The third-order valence-corrected chi connectivity index (χ3v) is 4.53. The van der Waals surface area contributed by atoms with E-state index in [4.69, 9.17) is 14.0 Å². The normalized spacial score (nSPS) is 10.6. The topological polar surface area (TPSA) is 86.5 Å². The minimum absolute atomic E-state index is 0.0550. The number of nitrogens with one attached hydrogen (secondary N) is 1. The Morgan fingerprint density at radius 1 is 1.03 bits per heavy atom. The van der Waals surface area contributed by atoms with E-state index in [2.05, 4.69) is 15.5 Å². The molecule has 7 nitrogen and oxygen atoms in total. The predicted octanol–water partition coefficient (Wildman–Crippen LogP) is 3.35. The van der Waals surface area contributed by atoms with Crippen molar-refractivity contribution in [3.63, 3.8) is 0 Å². The lowest BCUT2D eigenvalue weighted by Gasteiger charge is -2.10. The van der Waals surface area contributed by atoms with Gasteiger partial charge in [0.2, 0.25) is 17.6 Å². The van der Waals surface area contributed by atoms with Gasteiger partial charge in [-0.05, 0) is 31.0 Å². The third-order valence-electron chi connectivity index (χ3n) is 4.53. The molecule has 1 amide bonds. The van der Waals surface area contributed by atoms with E-state index >= 15 is 0 Å². The Hall–Kier alpha value is -3.35. The summed E-state index contributed by atoms with van der Waals surface area (Å²) in [7, 11) is 3.20. The number of nitrogens with zero attached hydrogens (tertiary/aromatic N) is 2. The van der Waals surface area contributed by atoms with Crippen molar-refractivity contribution in [3.05, 3.63) is 59.5 Å². The van der Waals surface area contributed by atoms with Crippen LogP contribution >= 0.6 is 0 Å². The first-order valence-corrected chi connectivity index (χ1v) is 9.46. The van der Waals surface area contributed by atoms with E-state index in [1.54, 1.807) is 14.2 Å². The van der Waals surface area contributed by atoms with Crippen molar-refractivity contribution in [3.8, 4) is 22.9 Å². The number of hydrogen-bond acceptors (Lipinski definition) is 6. The Balaban J connectivity index is 1.44. The summed E-state index contributed by atoms with van der Waals surface area (Å²) in [6, 6.07) is 13.6. The predicted molar refractivity (Wildman–Crippen MR) is 109 cm³/mol. The number of benzene rings is 2. The van der Waals surface area contributed by atoms with Crippen LogP contribution in [0.4, 0.5) is 0 Å². The molecule has 0 spiro atoms. The molecule has 0 aliphatic carbocycles. The second-order valence-corrected chi connectivity index (χ2v) is 6.67. The maximum Gasteiger partial charge on any atom is 0.227 e. The Morgan fingerprint density at radius 3 is 2.52 bits per heavy atom. The quantitative estimate of drug-likeness (QED) is 0.598. The van der Waals surface area contributed by atoms with Crippen LogP contribution in [0.15, 0.2) is 47.0 Å². The van der Waals surface area contributed by atoms with Crippen LogP contribution in [0.5, 0.6) is 11.5 Å². The number of carbonyl (C=O) groups excluding carboxylic acids is 1. The first-order chi connectivity index (χ1) is 14.1. The number of ether oxygens (including phenoxy) is 2. The fraction of sp³-hybridized carbons (Fsp3) is 0.318. The van der Waals surface area contributed by atoms with Gasteiger partial charge in [-0.15, -0.1) is 0 Å². The Bertz CT molecular complexity index is 951. The smallest absolute Gasteiger partial charge is 0.227 e. The largest absolute Gasteiger partial charge is 0.493 e. The summed E-state index contributed by atoms with van der Waals surface area (Å²) in [6.45, 7) is 2.56.